The highest BCUT2D eigenvalue weighted by Gasteiger charge is 2.32. The standard InChI is InChI=1S/C20H32N4O2.HI/c1-4-21-20(23(2)13-16-8-5-6-10-19(16)25-3)22-12-18-14-24-11-7-9-17(24)15-26-18;/h5-6,8,10,17-18H,4,7,9,11-15H2,1-3H3,(H,21,22);1H. The predicted molar refractivity (Wildman–Crippen MR) is 120 cm³/mol. The fourth-order valence-electron chi connectivity index (χ4n) is 3.82. The third-order valence-corrected chi connectivity index (χ3v) is 5.20. The van der Waals surface area contributed by atoms with Gasteiger partial charge < -0.3 is 19.7 Å². The number of methoxy groups -OCH3 is 1. The van der Waals surface area contributed by atoms with Crippen LogP contribution in [0.15, 0.2) is 29.3 Å². The number of halogens is 1. The summed E-state index contributed by atoms with van der Waals surface area (Å²) in [6.45, 7) is 7.45. The Hall–Kier alpha value is -1.06. The molecule has 2 atom stereocenters. The van der Waals surface area contributed by atoms with Gasteiger partial charge in [-0.1, -0.05) is 18.2 Å². The average molecular weight is 488 g/mol. The second-order valence-electron chi connectivity index (χ2n) is 7.11. The molecule has 7 heteroatoms. The lowest BCUT2D eigenvalue weighted by Gasteiger charge is -2.34. The number of fused-ring (bicyclic) bond motifs is 1. The maximum atomic E-state index is 6.04. The van der Waals surface area contributed by atoms with Gasteiger partial charge >= 0.3 is 0 Å². The van der Waals surface area contributed by atoms with E-state index in [0.29, 0.717) is 12.6 Å². The number of morpholine rings is 1. The lowest BCUT2D eigenvalue weighted by atomic mass is 10.2. The average Bonchev–Trinajstić information content (AvgIpc) is 3.13. The molecule has 0 aliphatic carbocycles. The molecule has 0 bridgehead atoms. The molecule has 152 valence electrons. The van der Waals surface area contributed by atoms with Crippen molar-refractivity contribution in [3.63, 3.8) is 0 Å². The van der Waals surface area contributed by atoms with Crippen molar-refractivity contribution in [3.05, 3.63) is 29.8 Å². The molecular weight excluding hydrogens is 455 g/mol. The number of hydrogen-bond acceptors (Lipinski definition) is 4. The predicted octanol–water partition coefficient (Wildman–Crippen LogP) is 2.57. The minimum absolute atomic E-state index is 0. The third kappa shape index (κ3) is 5.96. The third-order valence-electron chi connectivity index (χ3n) is 5.20. The van der Waals surface area contributed by atoms with Crippen LogP contribution in [0.1, 0.15) is 25.3 Å². The Balaban J connectivity index is 0.00000261. The van der Waals surface area contributed by atoms with Gasteiger partial charge in [0, 0.05) is 38.3 Å². The summed E-state index contributed by atoms with van der Waals surface area (Å²) >= 11 is 0. The number of rotatable bonds is 6. The number of guanidine groups is 1. The zero-order valence-corrected chi connectivity index (χ0v) is 19.0. The van der Waals surface area contributed by atoms with Crippen molar-refractivity contribution in [2.24, 2.45) is 4.99 Å². The van der Waals surface area contributed by atoms with E-state index in [1.165, 1.54) is 19.4 Å². The van der Waals surface area contributed by atoms with Crippen molar-refractivity contribution in [1.29, 1.82) is 0 Å². The van der Waals surface area contributed by atoms with E-state index in [9.17, 15) is 0 Å². The van der Waals surface area contributed by atoms with Gasteiger partial charge in [0.05, 0.1) is 26.4 Å². The first kappa shape index (κ1) is 22.2. The summed E-state index contributed by atoms with van der Waals surface area (Å²) in [4.78, 5) is 9.55. The van der Waals surface area contributed by atoms with Gasteiger partial charge in [-0.05, 0) is 32.4 Å². The lowest BCUT2D eigenvalue weighted by molar-refractivity contribution is -0.0432. The molecule has 1 aromatic rings. The molecule has 3 rings (SSSR count). The van der Waals surface area contributed by atoms with Crippen LogP contribution in [-0.4, -0.2) is 74.8 Å². The van der Waals surface area contributed by atoms with Gasteiger partial charge in [0.15, 0.2) is 5.96 Å². The summed E-state index contributed by atoms with van der Waals surface area (Å²) in [6.07, 6.45) is 2.77. The van der Waals surface area contributed by atoms with Crippen molar-refractivity contribution in [1.82, 2.24) is 15.1 Å². The second kappa shape index (κ2) is 11.1. The molecule has 1 aromatic carbocycles. The van der Waals surface area contributed by atoms with Gasteiger partial charge in [0.25, 0.3) is 0 Å². The highest BCUT2D eigenvalue weighted by molar-refractivity contribution is 14.0. The van der Waals surface area contributed by atoms with Gasteiger partial charge in [-0.3, -0.25) is 9.89 Å². The second-order valence-corrected chi connectivity index (χ2v) is 7.11. The minimum atomic E-state index is 0. The molecule has 0 spiro atoms. The van der Waals surface area contributed by atoms with Crippen LogP contribution in [0.4, 0.5) is 0 Å². The van der Waals surface area contributed by atoms with Crippen LogP contribution in [0, 0.1) is 0 Å². The monoisotopic (exact) mass is 488 g/mol. The molecule has 2 fully saturated rings. The van der Waals surface area contributed by atoms with Gasteiger partial charge in [-0.2, -0.15) is 0 Å². The van der Waals surface area contributed by atoms with E-state index in [0.717, 1.165) is 43.5 Å². The van der Waals surface area contributed by atoms with Gasteiger partial charge in [-0.15, -0.1) is 24.0 Å². The van der Waals surface area contributed by atoms with Crippen molar-refractivity contribution >= 4 is 29.9 Å². The van der Waals surface area contributed by atoms with Crippen LogP contribution in [-0.2, 0) is 11.3 Å². The fourth-order valence-corrected chi connectivity index (χ4v) is 3.82. The Kier molecular flexibility index (Phi) is 9.11. The summed E-state index contributed by atoms with van der Waals surface area (Å²) in [6, 6.07) is 8.76. The zero-order valence-electron chi connectivity index (χ0n) is 16.7. The topological polar surface area (TPSA) is 49.3 Å². The van der Waals surface area contributed by atoms with Crippen LogP contribution in [0.5, 0.6) is 5.75 Å². The van der Waals surface area contributed by atoms with Crippen LogP contribution >= 0.6 is 24.0 Å². The van der Waals surface area contributed by atoms with E-state index >= 15 is 0 Å². The van der Waals surface area contributed by atoms with Gasteiger partial charge in [0.1, 0.15) is 5.75 Å². The first-order chi connectivity index (χ1) is 12.7. The molecule has 0 saturated carbocycles. The van der Waals surface area contributed by atoms with Gasteiger partial charge in [-0.25, -0.2) is 0 Å². The molecule has 2 heterocycles. The smallest absolute Gasteiger partial charge is 0.194 e. The van der Waals surface area contributed by atoms with Crippen LogP contribution in [0.3, 0.4) is 0 Å². The first-order valence-corrected chi connectivity index (χ1v) is 9.68. The number of nitrogens with one attached hydrogen (secondary N) is 1. The molecule has 2 aliphatic heterocycles. The summed E-state index contributed by atoms with van der Waals surface area (Å²) in [5.74, 6) is 1.82. The van der Waals surface area contributed by atoms with E-state index in [2.05, 4.69) is 35.2 Å². The zero-order chi connectivity index (χ0) is 18.4. The van der Waals surface area contributed by atoms with Crippen LogP contribution < -0.4 is 10.1 Å². The SMILES string of the molecule is CCNC(=NCC1CN2CCCC2CO1)N(C)Cc1ccccc1OC.I. The Morgan fingerprint density at radius 3 is 3.00 bits per heavy atom. The number of hydrogen-bond donors (Lipinski definition) is 1. The summed E-state index contributed by atoms with van der Waals surface area (Å²) in [7, 11) is 3.77. The highest BCUT2D eigenvalue weighted by atomic mass is 127. The number of ether oxygens (including phenoxy) is 2. The number of nitrogens with zero attached hydrogens (tertiary/aromatic N) is 3. The van der Waals surface area contributed by atoms with Crippen molar-refractivity contribution in [2.75, 3.05) is 46.9 Å². The van der Waals surface area contributed by atoms with E-state index in [-0.39, 0.29) is 30.1 Å². The molecule has 0 amide bonds. The van der Waals surface area contributed by atoms with Crippen molar-refractivity contribution in [2.45, 2.75) is 38.5 Å². The van der Waals surface area contributed by atoms with Crippen molar-refractivity contribution in [3.8, 4) is 5.75 Å². The first-order valence-electron chi connectivity index (χ1n) is 9.68. The minimum Gasteiger partial charge on any atom is -0.496 e. The molecule has 0 radical (unpaired) electrons. The fraction of sp³-hybridized carbons (Fsp3) is 0.650. The molecule has 0 aromatic heterocycles. The molecule has 2 saturated heterocycles. The maximum absolute atomic E-state index is 6.04. The normalized spacial score (nSPS) is 22.7. The lowest BCUT2D eigenvalue weighted by Crippen LogP contribution is -2.47. The van der Waals surface area contributed by atoms with E-state index < -0.39 is 0 Å². The molecule has 27 heavy (non-hydrogen) atoms. The van der Waals surface area contributed by atoms with Crippen LogP contribution in [0.2, 0.25) is 0 Å². The molecular formula is C20H33IN4O2. The number of para-hydroxylation sites is 1. The summed E-state index contributed by atoms with van der Waals surface area (Å²) in [5, 5.41) is 3.39. The van der Waals surface area contributed by atoms with Crippen molar-refractivity contribution < 1.29 is 9.47 Å². The number of benzene rings is 1. The van der Waals surface area contributed by atoms with E-state index in [1.54, 1.807) is 7.11 Å². The Morgan fingerprint density at radius 2 is 2.22 bits per heavy atom. The van der Waals surface area contributed by atoms with Crippen LogP contribution in [0.25, 0.3) is 0 Å². The molecule has 2 unspecified atom stereocenters. The van der Waals surface area contributed by atoms with Gasteiger partial charge in [0.2, 0.25) is 0 Å². The largest absolute Gasteiger partial charge is 0.496 e. The number of aliphatic imine (C=N–C) groups is 1. The quantitative estimate of drug-likeness (QED) is 0.379. The Labute approximate surface area is 180 Å². The molecule has 1 N–H and O–H groups in total. The summed E-state index contributed by atoms with van der Waals surface area (Å²) < 4.78 is 11.5. The Morgan fingerprint density at radius 1 is 1.41 bits per heavy atom. The molecule has 6 nitrogen and oxygen atoms in total. The highest BCUT2D eigenvalue weighted by Crippen LogP contribution is 2.23. The molecule has 2 aliphatic rings. The summed E-state index contributed by atoms with van der Waals surface area (Å²) in [5.41, 5.74) is 1.15. The Bertz CT molecular complexity index is 613. The van der Waals surface area contributed by atoms with E-state index in [1.807, 2.05) is 18.2 Å². The maximum Gasteiger partial charge on any atom is 0.194 e. The van der Waals surface area contributed by atoms with E-state index in [4.69, 9.17) is 14.5 Å².